The van der Waals surface area contributed by atoms with Gasteiger partial charge in [0.2, 0.25) is 0 Å². The van der Waals surface area contributed by atoms with Crippen LogP contribution in [0.5, 0.6) is 0 Å². The van der Waals surface area contributed by atoms with Gasteiger partial charge in [-0.2, -0.15) is 0 Å². The zero-order valence-electron chi connectivity index (χ0n) is 47.4. The summed E-state index contributed by atoms with van der Waals surface area (Å²) in [4.78, 5) is 0. The SMILES string of the molecule is OC[C@@H]1O[C@@H](O[C@@H]2C(O)[C@H](O[C@@H]3CO[C@H](O[C@@H]4CO[C@H](O[C@@H]5CO[C@H](O[C@@H]6CO[C@H](O[C@@H]7CO[C@H](O[C@@H]8CO[C@@H](O[C@@H]9CO[C@@H](O)C(O)[C@H]9O)C(O)[C@H]8O)C(O)[C@H]7O)C(O)[C@H]6O)C(O)[C@H]5O)C(O)[C@H]4O)C(O)[C@H]3O)OC[C@H]2O[C@@H]2OC[C@@H](O)[C@H](O)C2O)C[C@@H]1O. The summed E-state index contributed by atoms with van der Waals surface area (Å²) in [5, 5.41) is 224. The molecule has 0 aliphatic carbocycles. The Balaban J connectivity index is 0.638. The average Bonchev–Trinajstić information content (AvgIpc) is 1.05. The molecule has 10 fully saturated rings. The molecule has 0 amide bonds. The Morgan fingerprint density at radius 2 is 0.500 bits per heavy atom. The lowest BCUT2D eigenvalue weighted by molar-refractivity contribution is -0.371. The van der Waals surface area contributed by atoms with Gasteiger partial charge in [-0.3, -0.25) is 0 Å². The van der Waals surface area contributed by atoms with Crippen LogP contribution in [-0.2, 0) is 90.0 Å². The highest BCUT2D eigenvalue weighted by molar-refractivity contribution is 4.97. The van der Waals surface area contributed by atoms with Crippen LogP contribution in [0.2, 0.25) is 0 Å². The van der Waals surface area contributed by atoms with Crippen molar-refractivity contribution in [2.45, 2.75) is 246 Å². The minimum atomic E-state index is -1.94. The zero-order valence-corrected chi connectivity index (χ0v) is 47.4. The van der Waals surface area contributed by atoms with Crippen LogP contribution in [0.3, 0.4) is 0 Å². The third-order valence-electron chi connectivity index (χ3n) is 17.1. The van der Waals surface area contributed by atoms with Crippen molar-refractivity contribution in [2.24, 2.45) is 0 Å². The predicted molar refractivity (Wildman–Crippen MR) is 268 cm³/mol. The van der Waals surface area contributed by atoms with E-state index < -0.39 is 306 Å². The first-order valence-electron chi connectivity index (χ1n) is 29.1. The van der Waals surface area contributed by atoms with Gasteiger partial charge in [0.05, 0.1) is 72.2 Å². The Morgan fingerprint density at radius 1 is 0.244 bits per heavy atom. The summed E-state index contributed by atoms with van der Waals surface area (Å²) in [5.41, 5.74) is 0. The smallest absolute Gasteiger partial charge is 0.186 e. The number of aliphatic hydroxyl groups is 21. The van der Waals surface area contributed by atoms with Crippen molar-refractivity contribution in [3.63, 3.8) is 0 Å². The van der Waals surface area contributed by atoms with E-state index in [0.717, 1.165) is 0 Å². The molecule has 39 atom stereocenters. The van der Waals surface area contributed by atoms with Gasteiger partial charge >= 0.3 is 0 Å². The van der Waals surface area contributed by atoms with E-state index in [4.69, 9.17) is 90.0 Å². The molecule has 21 N–H and O–H groups in total. The summed E-state index contributed by atoms with van der Waals surface area (Å²) < 4.78 is 106. The molecule has 90 heavy (non-hydrogen) atoms. The first-order valence-corrected chi connectivity index (χ1v) is 29.1. The molecule has 10 aliphatic rings. The molecule has 0 spiro atoms. The van der Waals surface area contributed by atoms with Gasteiger partial charge in [0, 0.05) is 6.42 Å². The van der Waals surface area contributed by atoms with Gasteiger partial charge < -0.3 is 197 Å². The molecule has 10 saturated heterocycles. The molecule has 0 aromatic heterocycles. The normalized spacial score (nSPS) is 54.2. The lowest BCUT2D eigenvalue weighted by atomic mass is 10.0. The van der Waals surface area contributed by atoms with Gasteiger partial charge in [-0.05, 0) is 0 Å². The number of aliphatic hydroxyl groups excluding tert-OH is 21. The molecule has 522 valence electrons. The van der Waals surface area contributed by atoms with Crippen LogP contribution in [0.25, 0.3) is 0 Å². The molecule has 40 nitrogen and oxygen atoms in total. The standard InChI is InChI=1S/C50H82O40/c51-2-14-12(52)1-23(81-14)90-41-22(89-43-33(63)24(54)13(53)3-73-43)11-80-50(40(41)70)88-21-10-79-49(39(69)31(21)61)87-20-9-78-48(38(68)30(20)60)86-19-8-77-47(37(67)29(19)59)85-18-7-76-46(36(66)28(18)58)84-17-6-75-45(35(65)27(17)57)83-16-5-74-44(34(64)26(16)56)82-15-4-72-42(71)32(62)25(15)55/h12-71H,1-11H2/t12-,13+,14-,15+,16+,17+,18+,19+,20+,21+,22+,23-,24-,25-,26-,27-,28-,29-,30-,31-,32?,33?,34?,35?,36?,37?,38?,39?,40?,41-,42+,43-,44-,45+,46+,47+,48+,49+,50-/m0/s1. The Labute approximate surface area is 508 Å². The van der Waals surface area contributed by atoms with Crippen LogP contribution in [0.1, 0.15) is 6.42 Å². The summed E-state index contributed by atoms with van der Waals surface area (Å²) in [6, 6.07) is 0. The summed E-state index contributed by atoms with van der Waals surface area (Å²) in [6.07, 6.45) is -63.5. The number of rotatable bonds is 19. The van der Waals surface area contributed by atoms with Crippen molar-refractivity contribution >= 4 is 0 Å². The van der Waals surface area contributed by atoms with Crippen molar-refractivity contribution in [3.8, 4) is 0 Å². The van der Waals surface area contributed by atoms with E-state index in [1.54, 1.807) is 0 Å². The van der Waals surface area contributed by atoms with Gasteiger partial charge in [-0.15, -0.1) is 0 Å². The molecule has 10 heterocycles. The summed E-state index contributed by atoms with van der Waals surface area (Å²) in [6.45, 7) is -5.08. The van der Waals surface area contributed by atoms with Crippen LogP contribution in [0, 0.1) is 0 Å². The molecule has 9 unspecified atom stereocenters. The predicted octanol–water partition coefficient (Wildman–Crippen LogP) is -15.4. The first-order chi connectivity index (χ1) is 42.8. The van der Waals surface area contributed by atoms with E-state index in [0.29, 0.717) is 0 Å². The molecule has 10 aliphatic heterocycles. The van der Waals surface area contributed by atoms with E-state index >= 15 is 0 Å². The minimum absolute atomic E-state index is 0.153. The largest absolute Gasteiger partial charge is 0.394 e. The fraction of sp³-hybridized carbons (Fsp3) is 1.00. The second-order valence-corrected chi connectivity index (χ2v) is 23.3. The molecule has 0 radical (unpaired) electrons. The van der Waals surface area contributed by atoms with Crippen LogP contribution in [0.4, 0.5) is 0 Å². The molecule has 10 rings (SSSR count). The van der Waals surface area contributed by atoms with Crippen molar-refractivity contribution < 1.29 is 197 Å². The van der Waals surface area contributed by atoms with Crippen molar-refractivity contribution in [1.82, 2.24) is 0 Å². The van der Waals surface area contributed by atoms with Crippen LogP contribution in [0.15, 0.2) is 0 Å². The van der Waals surface area contributed by atoms with Crippen LogP contribution in [-0.4, -0.2) is 413 Å². The molecule has 40 heteroatoms. The summed E-state index contributed by atoms with van der Waals surface area (Å²) >= 11 is 0. The highest BCUT2D eigenvalue weighted by Gasteiger charge is 2.55. The maximum Gasteiger partial charge on any atom is 0.186 e. The van der Waals surface area contributed by atoms with Crippen molar-refractivity contribution in [1.29, 1.82) is 0 Å². The van der Waals surface area contributed by atoms with E-state index in [2.05, 4.69) is 0 Å². The third-order valence-corrected chi connectivity index (χ3v) is 17.1. The highest BCUT2D eigenvalue weighted by atomic mass is 16.8. The molecule has 0 aromatic rings. The first kappa shape index (κ1) is 71.2. The van der Waals surface area contributed by atoms with Crippen LogP contribution >= 0.6 is 0 Å². The molecular formula is C50H82O40. The van der Waals surface area contributed by atoms with Gasteiger partial charge in [-0.25, -0.2) is 0 Å². The van der Waals surface area contributed by atoms with Gasteiger partial charge in [0.25, 0.3) is 0 Å². The zero-order chi connectivity index (χ0) is 64.7. The van der Waals surface area contributed by atoms with E-state index in [1.807, 2.05) is 0 Å². The van der Waals surface area contributed by atoms with Crippen molar-refractivity contribution in [3.05, 3.63) is 0 Å². The van der Waals surface area contributed by atoms with E-state index in [-0.39, 0.29) is 6.42 Å². The monoisotopic (exact) mass is 1320 g/mol. The average molecular weight is 1320 g/mol. The Bertz CT molecular complexity index is 2210. The third kappa shape index (κ3) is 15.5. The topological polar surface area (TPSA) is 600 Å². The fourth-order valence-electron chi connectivity index (χ4n) is 11.5. The molecule has 0 bridgehead atoms. The lowest BCUT2D eigenvalue weighted by Crippen LogP contribution is -2.64. The fourth-order valence-corrected chi connectivity index (χ4v) is 11.5. The molecule has 0 saturated carbocycles. The number of hydrogen-bond donors (Lipinski definition) is 21. The molecule has 0 aromatic carbocycles. The van der Waals surface area contributed by atoms with Crippen molar-refractivity contribution in [2.75, 3.05) is 66.1 Å². The summed E-state index contributed by atoms with van der Waals surface area (Å²) in [5.74, 6) is 0. The second-order valence-electron chi connectivity index (χ2n) is 23.3. The van der Waals surface area contributed by atoms with Gasteiger partial charge in [0.1, 0.15) is 171 Å². The maximum atomic E-state index is 11.5. The second kappa shape index (κ2) is 30.9. The molecular weight excluding hydrogens is 1240 g/mol. The number of ether oxygens (including phenoxy) is 19. The quantitative estimate of drug-likeness (QED) is 0.0571. The van der Waals surface area contributed by atoms with Gasteiger partial charge in [0.15, 0.2) is 62.9 Å². The lowest BCUT2D eigenvalue weighted by Gasteiger charge is -2.46. The highest BCUT2D eigenvalue weighted by Crippen LogP contribution is 2.36. The Kier molecular flexibility index (Phi) is 24.4. The maximum absolute atomic E-state index is 11.5. The van der Waals surface area contributed by atoms with Crippen LogP contribution < -0.4 is 0 Å². The Hall–Kier alpha value is -1.60. The number of hydrogen-bond acceptors (Lipinski definition) is 40. The minimum Gasteiger partial charge on any atom is -0.394 e. The van der Waals surface area contributed by atoms with Gasteiger partial charge in [-0.1, -0.05) is 0 Å². The van der Waals surface area contributed by atoms with E-state index in [9.17, 15) is 107 Å². The Morgan fingerprint density at radius 3 is 0.811 bits per heavy atom. The van der Waals surface area contributed by atoms with E-state index in [1.165, 1.54) is 0 Å². The summed E-state index contributed by atoms with van der Waals surface area (Å²) in [7, 11) is 0.